The van der Waals surface area contributed by atoms with E-state index in [0.29, 0.717) is 11.6 Å². The molecule has 1 aliphatic heterocycles. The van der Waals surface area contributed by atoms with Crippen LogP contribution in [0.1, 0.15) is 0 Å². The minimum Gasteiger partial charge on any atom is -0.378 e. The van der Waals surface area contributed by atoms with Gasteiger partial charge in [-0.2, -0.15) is 4.98 Å². The summed E-state index contributed by atoms with van der Waals surface area (Å²) in [7, 11) is 1.71. The average Bonchev–Trinajstić information content (AvgIpc) is 2.66. The first-order valence-corrected chi connectivity index (χ1v) is 8.23. The lowest BCUT2D eigenvalue weighted by Crippen LogP contribution is -2.36. The Morgan fingerprint density at radius 2 is 1.84 bits per heavy atom. The van der Waals surface area contributed by atoms with Gasteiger partial charge in [-0.25, -0.2) is 4.98 Å². The van der Waals surface area contributed by atoms with Crippen molar-refractivity contribution in [3.63, 3.8) is 0 Å². The summed E-state index contributed by atoms with van der Waals surface area (Å²) in [6, 6.07) is 11.4. The molecule has 0 atom stereocenters. The number of rotatable bonds is 3. The normalized spacial score (nSPS) is 14.7. The molecule has 25 heavy (non-hydrogen) atoms. The second-order valence-corrected chi connectivity index (χ2v) is 5.97. The maximum Gasteiger partial charge on any atom is 0.251 e. The molecule has 1 fully saturated rings. The van der Waals surface area contributed by atoms with Gasteiger partial charge < -0.3 is 15.0 Å². The zero-order chi connectivity index (χ0) is 17.2. The Kier molecular flexibility index (Phi) is 4.07. The van der Waals surface area contributed by atoms with Gasteiger partial charge in [0, 0.05) is 49.2 Å². The highest BCUT2D eigenvalue weighted by atomic mass is 16.5. The van der Waals surface area contributed by atoms with E-state index in [-0.39, 0.29) is 5.56 Å². The second kappa shape index (κ2) is 6.52. The number of hydrogen-bond donors (Lipinski definition) is 1. The van der Waals surface area contributed by atoms with Crippen LogP contribution in [0.2, 0.25) is 0 Å². The highest BCUT2D eigenvalue weighted by Gasteiger charge is 2.11. The number of ether oxygens (including phenoxy) is 1. The summed E-state index contributed by atoms with van der Waals surface area (Å²) in [5.41, 5.74) is 2.59. The molecular weight excluding hydrogens is 318 g/mol. The van der Waals surface area contributed by atoms with E-state index in [0.717, 1.165) is 37.4 Å². The Morgan fingerprint density at radius 3 is 2.60 bits per heavy atom. The molecule has 1 N–H and O–H groups in total. The van der Waals surface area contributed by atoms with Gasteiger partial charge >= 0.3 is 0 Å². The minimum atomic E-state index is -0.0907. The van der Waals surface area contributed by atoms with Gasteiger partial charge in [0.25, 0.3) is 5.56 Å². The first-order chi connectivity index (χ1) is 12.2. The van der Waals surface area contributed by atoms with Gasteiger partial charge in [0.15, 0.2) is 0 Å². The van der Waals surface area contributed by atoms with Crippen LogP contribution in [-0.2, 0) is 11.8 Å². The number of benzene rings is 1. The molecule has 0 bridgehead atoms. The molecule has 2 aromatic heterocycles. The van der Waals surface area contributed by atoms with E-state index in [2.05, 4.69) is 32.3 Å². The predicted octanol–water partition coefficient (Wildman–Crippen LogP) is 1.91. The maximum atomic E-state index is 11.8. The van der Waals surface area contributed by atoms with E-state index >= 15 is 0 Å². The van der Waals surface area contributed by atoms with E-state index in [1.165, 1.54) is 16.3 Å². The molecule has 0 saturated carbocycles. The molecule has 128 valence electrons. The monoisotopic (exact) mass is 337 g/mol. The van der Waals surface area contributed by atoms with Gasteiger partial charge in [-0.3, -0.25) is 9.36 Å². The molecular formula is C18H19N5O2. The Balaban J connectivity index is 1.56. The van der Waals surface area contributed by atoms with Gasteiger partial charge in [0.2, 0.25) is 5.95 Å². The SMILES string of the molecule is Cn1c(=O)ccc2cnc(Nc3ccc(N4CCOCC4)cc3)nc21. The van der Waals surface area contributed by atoms with E-state index < -0.39 is 0 Å². The lowest BCUT2D eigenvalue weighted by atomic mass is 10.2. The molecule has 0 spiro atoms. The number of fused-ring (bicyclic) bond motifs is 1. The topological polar surface area (TPSA) is 72.3 Å². The molecule has 1 aromatic carbocycles. The van der Waals surface area contributed by atoms with Crippen molar-refractivity contribution in [3.8, 4) is 0 Å². The molecule has 1 aliphatic rings. The van der Waals surface area contributed by atoms with Crippen molar-refractivity contribution in [2.24, 2.45) is 7.05 Å². The van der Waals surface area contributed by atoms with Gasteiger partial charge in [-0.1, -0.05) is 0 Å². The quantitative estimate of drug-likeness (QED) is 0.787. The smallest absolute Gasteiger partial charge is 0.251 e. The van der Waals surface area contributed by atoms with Crippen LogP contribution in [0.3, 0.4) is 0 Å². The largest absolute Gasteiger partial charge is 0.378 e. The summed E-state index contributed by atoms with van der Waals surface area (Å²) < 4.78 is 6.90. The van der Waals surface area contributed by atoms with Crippen molar-refractivity contribution >= 4 is 28.4 Å². The number of aryl methyl sites for hydroxylation is 1. The lowest BCUT2D eigenvalue weighted by molar-refractivity contribution is 0.122. The molecule has 7 heteroatoms. The van der Waals surface area contributed by atoms with E-state index in [4.69, 9.17) is 4.74 Å². The van der Waals surface area contributed by atoms with Crippen molar-refractivity contribution in [3.05, 3.63) is 52.9 Å². The van der Waals surface area contributed by atoms with E-state index in [1.807, 2.05) is 12.1 Å². The van der Waals surface area contributed by atoms with Crippen molar-refractivity contribution in [1.82, 2.24) is 14.5 Å². The fraction of sp³-hybridized carbons (Fsp3) is 0.278. The zero-order valence-electron chi connectivity index (χ0n) is 14.0. The summed E-state index contributed by atoms with van der Waals surface area (Å²) >= 11 is 0. The molecule has 1 saturated heterocycles. The summed E-state index contributed by atoms with van der Waals surface area (Å²) in [5.74, 6) is 0.466. The number of anilines is 3. The van der Waals surface area contributed by atoms with Gasteiger partial charge in [-0.15, -0.1) is 0 Å². The maximum absolute atomic E-state index is 11.8. The van der Waals surface area contributed by atoms with Gasteiger partial charge in [0.1, 0.15) is 5.65 Å². The van der Waals surface area contributed by atoms with Crippen LogP contribution in [0.15, 0.2) is 47.4 Å². The summed E-state index contributed by atoms with van der Waals surface area (Å²) in [5, 5.41) is 4.02. The van der Waals surface area contributed by atoms with Crippen molar-refractivity contribution in [1.29, 1.82) is 0 Å². The Hall–Kier alpha value is -2.93. The minimum absolute atomic E-state index is 0.0907. The Bertz CT molecular complexity index is 946. The van der Waals surface area contributed by atoms with Crippen molar-refractivity contribution in [2.75, 3.05) is 36.5 Å². The molecule has 7 nitrogen and oxygen atoms in total. The van der Waals surface area contributed by atoms with Crippen LogP contribution in [-0.4, -0.2) is 40.8 Å². The highest BCUT2D eigenvalue weighted by molar-refractivity contribution is 5.75. The van der Waals surface area contributed by atoms with E-state index in [9.17, 15) is 4.79 Å². The number of pyridine rings is 1. The van der Waals surface area contributed by atoms with Crippen LogP contribution in [0, 0.1) is 0 Å². The third kappa shape index (κ3) is 3.18. The molecule has 3 heterocycles. The van der Waals surface area contributed by atoms with Crippen LogP contribution in [0.25, 0.3) is 11.0 Å². The van der Waals surface area contributed by atoms with Crippen LogP contribution < -0.4 is 15.8 Å². The molecule has 4 rings (SSSR count). The fourth-order valence-electron chi connectivity index (χ4n) is 2.91. The molecule has 3 aromatic rings. The van der Waals surface area contributed by atoms with Crippen LogP contribution in [0.4, 0.5) is 17.3 Å². The first kappa shape index (κ1) is 15.6. The molecule has 0 unspecified atom stereocenters. The molecule has 0 amide bonds. The zero-order valence-corrected chi connectivity index (χ0v) is 14.0. The average molecular weight is 337 g/mol. The third-order valence-electron chi connectivity index (χ3n) is 4.35. The predicted molar refractivity (Wildman–Crippen MR) is 97.5 cm³/mol. The van der Waals surface area contributed by atoms with E-state index in [1.54, 1.807) is 19.3 Å². The molecule has 0 radical (unpaired) electrons. The Labute approximate surface area is 144 Å². The summed E-state index contributed by atoms with van der Waals surface area (Å²) in [6.45, 7) is 3.36. The number of hydrogen-bond acceptors (Lipinski definition) is 6. The molecule has 0 aliphatic carbocycles. The summed E-state index contributed by atoms with van der Waals surface area (Å²) in [6.07, 6.45) is 1.71. The third-order valence-corrected chi connectivity index (χ3v) is 4.35. The van der Waals surface area contributed by atoms with Gasteiger partial charge in [0.05, 0.1) is 13.2 Å². The standard InChI is InChI=1S/C18H19N5O2/c1-22-16(24)7-2-13-12-19-18(21-17(13)22)20-14-3-5-15(6-4-14)23-8-10-25-11-9-23/h2-7,12H,8-11H2,1H3,(H,19,20,21). The number of nitrogens with zero attached hydrogens (tertiary/aromatic N) is 4. The number of morpholine rings is 1. The first-order valence-electron chi connectivity index (χ1n) is 8.23. The Morgan fingerprint density at radius 1 is 1.08 bits per heavy atom. The van der Waals surface area contributed by atoms with Crippen molar-refractivity contribution < 1.29 is 4.74 Å². The number of aromatic nitrogens is 3. The van der Waals surface area contributed by atoms with Crippen molar-refractivity contribution in [2.45, 2.75) is 0 Å². The number of nitrogens with one attached hydrogen (secondary N) is 1. The van der Waals surface area contributed by atoms with Gasteiger partial charge in [-0.05, 0) is 30.3 Å². The second-order valence-electron chi connectivity index (χ2n) is 5.97. The lowest BCUT2D eigenvalue weighted by Gasteiger charge is -2.28. The fourth-order valence-corrected chi connectivity index (χ4v) is 2.91. The highest BCUT2D eigenvalue weighted by Crippen LogP contribution is 2.21. The summed E-state index contributed by atoms with van der Waals surface area (Å²) in [4.78, 5) is 22.8. The van der Waals surface area contributed by atoms with Crippen LogP contribution >= 0.6 is 0 Å². The van der Waals surface area contributed by atoms with Crippen LogP contribution in [0.5, 0.6) is 0 Å².